The second kappa shape index (κ2) is 5.76. The van der Waals surface area contributed by atoms with Crippen LogP contribution >= 0.6 is 0 Å². The molecule has 3 rings (SSSR count). The molecule has 1 saturated heterocycles. The Bertz CT molecular complexity index is 629. The molecule has 1 aromatic carbocycles. The minimum atomic E-state index is -0.575. The van der Waals surface area contributed by atoms with Gasteiger partial charge in [-0.05, 0) is 12.5 Å². The highest BCUT2D eigenvalue weighted by molar-refractivity contribution is 6.00. The fraction of sp³-hybridized carbons (Fsp3) is 0.400. The molecule has 0 amide bonds. The van der Waals surface area contributed by atoms with Crippen molar-refractivity contribution in [1.29, 1.82) is 0 Å². The van der Waals surface area contributed by atoms with Gasteiger partial charge in [-0.2, -0.15) is 0 Å². The predicted molar refractivity (Wildman–Crippen MR) is 80.1 cm³/mol. The lowest BCUT2D eigenvalue weighted by Crippen LogP contribution is -2.36. The zero-order valence-corrected chi connectivity index (χ0v) is 12.4. The van der Waals surface area contributed by atoms with Crippen molar-refractivity contribution in [2.45, 2.75) is 19.5 Å². The van der Waals surface area contributed by atoms with Crippen LogP contribution in [0.5, 0.6) is 0 Å². The van der Waals surface area contributed by atoms with Gasteiger partial charge in [0.2, 0.25) is 0 Å². The SMILES string of the molecule is CC1C(=O)C([N+](=O)[O-])=C2NCN(Cc3ccccc3)CCN21. The molecule has 0 radical (unpaired) electrons. The van der Waals surface area contributed by atoms with E-state index in [1.165, 1.54) is 5.56 Å². The molecule has 1 N–H and O–H groups in total. The molecule has 1 aromatic rings. The summed E-state index contributed by atoms with van der Waals surface area (Å²) in [6, 6.07) is 9.60. The van der Waals surface area contributed by atoms with Gasteiger partial charge in [0.15, 0.2) is 5.82 Å². The summed E-state index contributed by atoms with van der Waals surface area (Å²) in [5, 5.41) is 14.2. The molecule has 0 aromatic heterocycles. The summed E-state index contributed by atoms with van der Waals surface area (Å²) in [6.07, 6.45) is 0. The van der Waals surface area contributed by atoms with Crippen LogP contribution in [0.2, 0.25) is 0 Å². The maximum atomic E-state index is 12.0. The third-order valence-electron chi connectivity index (χ3n) is 4.15. The Morgan fingerprint density at radius 3 is 2.73 bits per heavy atom. The van der Waals surface area contributed by atoms with Crippen molar-refractivity contribution >= 4 is 5.78 Å². The lowest BCUT2D eigenvalue weighted by Gasteiger charge is -2.22. The van der Waals surface area contributed by atoms with Crippen molar-refractivity contribution in [3.05, 3.63) is 57.5 Å². The maximum absolute atomic E-state index is 12.0. The van der Waals surface area contributed by atoms with E-state index in [0.29, 0.717) is 19.0 Å². The fourth-order valence-corrected chi connectivity index (χ4v) is 2.94. The minimum absolute atomic E-state index is 0.311. The topological polar surface area (TPSA) is 78.7 Å². The number of hydrogen-bond donors (Lipinski definition) is 1. The second-order valence-corrected chi connectivity index (χ2v) is 5.56. The predicted octanol–water partition coefficient (Wildman–Crippen LogP) is 0.768. The number of carbonyl (C=O) groups is 1. The standard InChI is InChI=1S/C15H18N4O3/c1-11-14(20)13(19(21)22)15-16-10-17(7-8-18(11)15)9-12-5-3-2-4-6-12/h2-6,11,16H,7-10H2,1H3. The van der Waals surface area contributed by atoms with E-state index in [0.717, 1.165) is 13.1 Å². The van der Waals surface area contributed by atoms with Gasteiger partial charge in [-0.3, -0.25) is 19.8 Å². The van der Waals surface area contributed by atoms with Gasteiger partial charge in [-0.1, -0.05) is 30.3 Å². The number of ketones is 1. The third-order valence-corrected chi connectivity index (χ3v) is 4.15. The molecule has 0 aliphatic carbocycles. The Hall–Kier alpha value is -2.41. The molecule has 0 saturated carbocycles. The van der Waals surface area contributed by atoms with Gasteiger partial charge < -0.3 is 10.2 Å². The molecule has 2 heterocycles. The Labute approximate surface area is 128 Å². The number of benzene rings is 1. The Balaban J connectivity index is 1.77. The van der Waals surface area contributed by atoms with Crippen LogP contribution in [0, 0.1) is 10.1 Å². The first-order valence-electron chi connectivity index (χ1n) is 7.27. The molecular weight excluding hydrogens is 284 g/mol. The monoisotopic (exact) mass is 302 g/mol. The van der Waals surface area contributed by atoms with Crippen molar-refractivity contribution in [1.82, 2.24) is 15.1 Å². The van der Waals surface area contributed by atoms with E-state index in [4.69, 9.17) is 0 Å². The number of hydrogen-bond acceptors (Lipinski definition) is 6. The van der Waals surface area contributed by atoms with Crippen molar-refractivity contribution in [2.75, 3.05) is 19.8 Å². The minimum Gasteiger partial charge on any atom is -0.353 e. The first-order valence-corrected chi connectivity index (χ1v) is 7.27. The average Bonchev–Trinajstić information content (AvgIpc) is 2.64. The quantitative estimate of drug-likeness (QED) is 0.656. The number of carbonyl (C=O) groups excluding carboxylic acids is 1. The Morgan fingerprint density at radius 2 is 2.05 bits per heavy atom. The average molecular weight is 302 g/mol. The lowest BCUT2D eigenvalue weighted by molar-refractivity contribution is -0.419. The summed E-state index contributed by atoms with van der Waals surface area (Å²) in [4.78, 5) is 26.5. The number of nitrogens with zero attached hydrogens (tertiary/aromatic N) is 3. The molecule has 7 heteroatoms. The van der Waals surface area contributed by atoms with Crippen molar-refractivity contribution in [3.63, 3.8) is 0 Å². The van der Waals surface area contributed by atoms with Crippen molar-refractivity contribution < 1.29 is 9.72 Å². The van der Waals surface area contributed by atoms with E-state index in [2.05, 4.69) is 22.3 Å². The van der Waals surface area contributed by atoms with Gasteiger partial charge in [0.1, 0.15) is 0 Å². The fourth-order valence-electron chi connectivity index (χ4n) is 2.94. The van der Waals surface area contributed by atoms with Crippen LogP contribution in [0.4, 0.5) is 0 Å². The summed E-state index contributed by atoms with van der Waals surface area (Å²) >= 11 is 0. The van der Waals surface area contributed by atoms with Gasteiger partial charge in [-0.15, -0.1) is 0 Å². The highest BCUT2D eigenvalue weighted by Crippen LogP contribution is 2.25. The van der Waals surface area contributed by atoms with Crippen LogP contribution in [0.15, 0.2) is 41.8 Å². The smallest absolute Gasteiger partial charge is 0.353 e. The van der Waals surface area contributed by atoms with E-state index < -0.39 is 16.7 Å². The summed E-state index contributed by atoms with van der Waals surface area (Å²) < 4.78 is 0. The van der Waals surface area contributed by atoms with E-state index in [1.807, 2.05) is 18.2 Å². The lowest BCUT2D eigenvalue weighted by atomic mass is 10.2. The van der Waals surface area contributed by atoms with Crippen molar-refractivity contribution in [2.24, 2.45) is 0 Å². The molecule has 2 aliphatic rings. The summed E-state index contributed by atoms with van der Waals surface area (Å²) in [5.74, 6) is -0.0536. The van der Waals surface area contributed by atoms with Crippen LogP contribution in [0.3, 0.4) is 0 Å². The number of nitro groups is 1. The van der Waals surface area contributed by atoms with E-state index in [9.17, 15) is 14.9 Å². The highest BCUT2D eigenvalue weighted by Gasteiger charge is 2.45. The highest BCUT2D eigenvalue weighted by atomic mass is 16.6. The number of rotatable bonds is 3. The zero-order chi connectivity index (χ0) is 15.7. The number of fused-ring (bicyclic) bond motifs is 1. The van der Waals surface area contributed by atoms with Crippen LogP contribution in [0.25, 0.3) is 0 Å². The first kappa shape index (κ1) is 14.5. The van der Waals surface area contributed by atoms with Crippen LogP contribution in [0.1, 0.15) is 12.5 Å². The molecule has 0 spiro atoms. The molecule has 2 aliphatic heterocycles. The summed E-state index contributed by atoms with van der Waals surface area (Å²) in [5.41, 5.74) is 0.882. The van der Waals surface area contributed by atoms with Gasteiger partial charge in [0, 0.05) is 19.6 Å². The molecular formula is C15H18N4O3. The largest absolute Gasteiger partial charge is 0.353 e. The van der Waals surface area contributed by atoms with Crippen LogP contribution in [-0.2, 0) is 11.3 Å². The molecule has 1 atom stereocenters. The summed E-state index contributed by atoms with van der Waals surface area (Å²) in [6.45, 7) is 4.31. The first-order chi connectivity index (χ1) is 10.6. The van der Waals surface area contributed by atoms with Gasteiger partial charge in [-0.25, -0.2) is 0 Å². The summed E-state index contributed by atoms with van der Waals surface area (Å²) in [7, 11) is 0. The number of nitrogens with one attached hydrogen (secondary N) is 1. The van der Waals surface area contributed by atoms with E-state index in [1.54, 1.807) is 11.8 Å². The molecule has 1 fully saturated rings. The van der Waals surface area contributed by atoms with E-state index >= 15 is 0 Å². The van der Waals surface area contributed by atoms with Crippen molar-refractivity contribution in [3.8, 4) is 0 Å². The Morgan fingerprint density at radius 1 is 1.32 bits per heavy atom. The van der Waals surface area contributed by atoms with Crippen LogP contribution in [-0.4, -0.2) is 46.3 Å². The Kier molecular flexibility index (Phi) is 3.81. The number of Topliss-reactive ketones (excluding diaryl/α,β-unsaturated/α-hetero) is 1. The molecule has 22 heavy (non-hydrogen) atoms. The molecule has 1 unspecified atom stereocenters. The zero-order valence-electron chi connectivity index (χ0n) is 12.4. The molecule has 116 valence electrons. The normalized spacial score (nSPS) is 22.3. The van der Waals surface area contributed by atoms with Gasteiger partial charge >= 0.3 is 5.70 Å². The second-order valence-electron chi connectivity index (χ2n) is 5.56. The van der Waals surface area contributed by atoms with Gasteiger partial charge in [0.25, 0.3) is 5.78 Å². The van der Waals surface area contributed by atoms with E-state index in [-0.39, 0.29) is 5.70 Å². The molecule has 0 bridgehead atoms. The maximum Gasteiger partial charge on any atom is 0.353 e. The van der Waals surface area contributed by atoms with Crippen LogP contribution < -0.4 is 5.32 Å². The third kappa shape index (κ3) is 2.55. The van der Waals surface area contributed by atoms with Gasteiger partial charge in [0.05, 0.1) is 17.6 Å². The molecule has 7 nitrogen and oxygen atoms in total.